The molecule has 2 aromatic rings. The Kier molecular flexibility index (Phi) is 6.61. The summed E-state index contributed by atoms with van der Waals surface area (Å²) in [6.07, 6.45) is 5.40. The number of amides is 1. The van der Waals surface area contributed by atoms with Gasteiger partial charge in [0.05, 0.1) is 5.56 Å². The van der Waals surface area contributed by atoms with Gasteiger partial charge in [-0.05, 0) is 17.9 Å². The number of fused-ring (bicyclic) bond motifs is 1. The van der Waals surface area contributed by atoms with Gasteiger partial charge in [-0.2, -0.15) is 5.48 Å². The van der Waals surface area contributed by atoms with Crippen molar-refractivity contribution < 1.29 is 19.5 Å². The van der Waals surface area contributed by atoms with Gasteiger partial charge in [-0.3, -0.25) is 4.79 Å². The van der Waals surface area contributed by atoms with Crippen LogP contribution >= 0.6 is 0 Å². The minimum atomic E-state index is -0.641. The Morgan fingerprint density at radius 3 is 2.58 bits per heavy atom. The molecule has 0 aliphatic carbocycles. The van der Waals surface area contributed by atoms with Gasteiger partial charge in [-0.1, -0.05) is 62.9 Å². The summed E-state index contributed by atoms with van der Waals surface area (Å²) in [5, 5.41) is 11.6. The molecule has 0 saturated carbocycles. The number of unbranched alkanes of at least 4 members (excludes halogenated alkanes) is 4. The van der Waals surface area contributed by atoms with Crippen LogP contribution in [0.1, 0.15) is 55.8 Å². The Morgan fingerprint density at radius 2 is 1.79 bits per heavy atom. The van der Waals surface area contributed by atoms with E-state index >= 15 is 0 Å². The predicted molar refractivity (Wildman–Crippen MR) is 92.5 cm³/mol. The van der Waals surface area contributed by atoms with E-state index in [2.05, 4.69) is 12.4 Å². The topological polar surface area (TPSA) is 75.6 Å². The van der Waals surface area contributed by atoms with Gasteiger partial charge in [0.2, 0.25) is 0 Å². The lowest BCUT2D eigenvalue weighted by molar-refractivity contribution is -0.149. The maximum absolute atomic E-state index is 12.1. The van der Waals surface area contributed by atoms with Crippen molar-refractivity contribution in [2.75, 3.05) is 0 Å². The first-order valence-corrected chi connectivity index (χ1v) is 8.34. The second-order valence-corrected chi connectivity index (χ2v) is 5.75. The average Bonchev–Trinajstić information content (AvgIpc) is 2.60. The lowest BCUT2D eigenvalue weighted by Crippen LogP contribution is -2.27. The fraction of sp³-hybridized carbons (Fsp3) is 0.368. The molecule has 2 N–H and O–H groups in total. The van der Waals surface area contributed by atoms with Crippen molar-refractivity contribution in [3.63, 3.8) is 0 Å². The molecule has 5 nitrogen and oxygen atoms in total. The zero-order valence-electron chi connectivity index (χ0n) is 13.9. The van der Waals surface area contributed by atoms with Gasteiger partial charge in [0, 0.05) is 11.8 Å². The number of rotatable bonds is 7. The standard InChI is InChI=1S/C19H23NO4/c1-2-3-4-5-6-11-17(21)24-20-19(23)16-13-12-14-9-7-8-10-15(14)18(16)22/h7-10,12-13,22H,2-6,11H2,1H3,(H,20,23). The van der Waals surface area contributed by atoms with Gasteiger partial charge in [-0.25, -0.2) is 4.79 Å². The lowest BCUT2D eigenvalue weighted by atomic mass is 10.1. The number of aromatic hydroxyl groups is 1. The predicted octanol–water partition coefficient (Wildman–Crippen LogP) is 4.09. The summed E-state index contributed by atoms with van der Waals surface area (Å²) in [7, 11) is 0. The van der Waals surface area contributed by atoms with Crippen molar-refractivity contribution in [3.05, 3.63) is 42.0 Å². The summed E-state index contributed by atoms with van der Waals surface area (Å²) in [5.74, 6) is -1.24. The molecular weight excluding hydrogens is 306 g/mol. The molecule has 0 aromatic heterocycles. The fourth-order valence-corrected chi connectivity index (χ4v) is 2.52. The van der Waals surface area contributed by atoms with Crippen LogP contribution in [0.15, 0.2) is 36.4 Å². The first-order chi connectivity index (χ1) is 11.6. The molecule has 128 valence electrons. The van der Waals surface area contributed by atoms with Gasteiger partial charge in [-0.15, -0.1) is 0 Å². The largest absolute Gasteiger partial charge is 0.506 e. The van der Waals surface area contributed by atoms with Gasteiger partial charge in [0.25, 0.3) is 5.91 Å². The smallest absolute Gasteiger partial charge is 0.332 e. The molecule has 0 radical (unpaired) electrons. The molecule has 0 atom stereocenters. The van der Waals surface area contributed by atoms with Crippen molar-refractivity contribution >= 4 is 22.6 Å². The third kappa shape index (κ3) is 4.72. The van der Waals surface area contributed by atoms with Crippen molar-refractivity contribution in [3.8, 4) is 5.75 Å². The molecular formula is C19H23NO4. The number of carbonyl (C=O) groups is 2. The zero-order valence-corrected chi connectivity index (χ0v) is 13.9. The van der Waals surface area contributed by atoms with Crippen LogP contribution in [0.4, 0.5) is 0 Å². The molecule has 0 saturated heterocycles. The van der Waals surface area contributed by atoms with E-state index in [0.29, 0.717) is 5.39 Å². The molecule has 0 bridgehead atoms. The SMILES string of the molecule is CCCCCCCC(=O)ONC(=O)c1ccc2ccccc2c1O. The molecule has 5 heteroatoms. The highest BCUT2D eigenvalue weighted by Crippen LogP contribution is 2.28. The van der Waals surface area contributed by atoms with E-state index in [1.54, 1.807) is 18.2 Å². The Bertz CT molecular complexity index is 712. The van der Waals surface area contributed by atoms with Crippen LogP contribution in [-0.4, -0.2) is 17.0 Å². The van der Waals surface area contributed by atoms with Crippen molar-refractivity contribution in [2.45, 2.75) is 45.4 Å². The Hall–Kier alpha value is -2.56. The van der Waals surface area contributed by atoms with Gasteiger partial charge < -0.3 is 9.94 Å². The number of carbonyl (C=O) groups excluding carboxylic acids is 2. The third-order valence-corrected chi connectivity index (χ3v) is 3.89. The van der Waals surface area contributed by atoms with E-state index in [-0.39, 0.29) is 17.7 Å². The van der Waals surface area contributed by atoms with Crippen LogP contribution in [0, 0.1) is 0 Å². The number of benzene rings is 2. The highest BCUT2D eigenvalue weighted by atomic mass is 16.7. The van der Waals surface area contributed by atoms with Crippen LogP contribution in [0.5, 0.6) is 5.75 Å². The number of phenolic OH excluding ortho intramolecular Hbond substituents is 1. The van der Waals surface area contributed by atoms with Crippen LogP contribution in [0.3, 0.4) is 0 Å². The van der Waals surface area contributed by atoms with E-state index in [1.807, 2.05) is 12.1 Å². The third-order valence-electron chi connectivity index (χ3n) is 3.89. The maximum atomic E-state index is 12.1. The van der Waals surface area contributed by atoms with Crippen LogP contribution in [0.2, 0.25) is 0 Å². The summed E-state index contributed by atoms with van der Waals surface area (Å²) in [6, 6.07) is 10.4. The van der Waals surface area contributed by atoms with E-state index in [9.17, 15) is 14.7 Å². The molecule has 0 heterocycles. The van der Waals surface area contributed by atoms with E-state index in [0.717, 1.165) is 37.5 Å². The van der Waals surface area contributed by atoms with Crippen molar-refractivity contribution in [2.24, 2.45) is 0 Å². The highest BCUT2D eigenvalue weighted by molar-refractivity contribution is 6.03. The molecule has 2 aromatic carbocycles. The number of hydrogen-bond acceptors (Lipinski definition) is 4. The lowest BCUT2D eigenvalue weighted by Gasteiger charge is -2.09. The van der Waals surface area contributed by atoms with Crippen molar-refractivity contribution in [1.82, 2.24) is 5.48 Å². The number of hydroxylamine groups is 1. The maximum Gasteiger partial charge on any atom is 0.332 e. The molecule has 24 heavy (non-hydrogen) atoms. The zero-order chi connectivity index (χ0) is 17.4. The monoisotopic (exact) mass is 329 g/mol. The quantitative estimate of drug-likeness (QED) is 0.592. The second-order valence-electron chi connectivity index (χ2n) is 5.75. The van der Waals surface area contributed by atoms with Crippen LogP contribution in [-0.2, 0) is 9.63 Å². The summed E-state index contributed by atoms with van der Waals surface area (Å²) in [5.41, 5.74) is 2.18. The molecule has 0 aliphatic rings. The number of phenols is 1. The highest BCUT2D eigenvalue weighted by Gasteiger charge is 2.15. The van der Waals surface area contributed by atoms with Crippen LogP contribution in [0.25, 0.3) is 10.8 Å². The number of hydrogen-bond donors (Lipinski definition) is 2. The molecule has 0 spiro atoms. The second kappa shape index (κ2) is 8.91. The Morgan fingerprint density at radius 1 is 1.04 bits per heavy atom. The minimum absolute atomic E-state index is 0.0736. The van der Waals surface area contributed by atoms with Crippen molar-refractivity contribution in [1.29, 1.82) is 0 Å². The summed E-state index contributed by atoms with van der Waals surface area (Å²) >= 11 is 0. The molecule has 0 fully saturated rings. The van der Waals surface area contributed by atoms with Gasteiger partial charge >= 0.3 is 5.97 Å². The summed E-state index contributed by atoms with van der Waals surface area (Å²) < 4.78 is 0. The average molecular weight is 329 g/mol. The van der Waals surface area contributed by atoms with Gasteiger partial charge in [0.1, 0.15) is 5.75 Å². The number of nitrogens with one attached hydrogen (secondary N) is 1. The first-order valence-electron chi connectivity index (χ1n) is 8.34. The van der Waals surface area contributed by atoms with Crippen LogP contribution < -0.4 is 5.48 Å². The Balaban J connectivity index is 1.86. The van der Waals surface area contributed by atoms with E-state index < -0.39 is 11.9 Å². The molecule has 2 rings (SSSR count). The summed E-state index contributed by atoms with van der Waals surface area (Å²) in [6.45, 7) is 2.13. The molecule has 0 aliphatic heterocycles. The van der Waals surface area contributed by atoms with E-state index in [1.165, 1.54) is 6.07 Å². The first kappa shape index (κ1) is 17.8. The normalized spacial score (nSPS) is 10.5. The molecule has 1 amide bonds. The minimum Gasteiger partial charge on any atom is -0.506 e. The van der Waals surface area contributed by atoms with E-state index in [4.69, 9.17) is 4.84 Å². The summed E-state index contributed by atoms with van der Waals surface area (Å²) in [4.78, 5) is 28.5. The fourth-order valence-electron chi connectivity index (χ4n) is 2.52. The molecule has 0 unspecified atom stereocenters. The van der Waals surface area contributed by atoms with Gasteiger partial charge in [0.15, 0.2) is 0 Å². The Labute approximate surface area is 141 Å².